The lowest BCUT2D eigenvalue weighted by Gasteiger charge is -2.29. The predicted molar refractivity (Wildman–Crippen MR) is 106 cm³/mol. The lowest BCUT2D eigenvalue weighted by atomic mass is 9.88. The van der Waals surface area contributed by atoms with Gasteiger partial charge in [-0.25, -0.2) is 0 Å². The maximum atomic E-state index is 6.26. The largest absolute Gasteiger partial charge is 0.493 e. The van der Waals surface area contributed by atoms with Gasteiger partial charge < -0.3 is 14.2 Å². The van der Waals surface area contributed by atoms with Crippen molar-refractivity contribution in [1.82, 2.24) is 0 Å². The van der Waals surface area contributed by atoms with Crippen LogP contribution in [-0.2, 0) is 11.3 Å². The Balaban J connectivity index is 1.88. The Kier molecular flexibility index (Phi) is 4.78. The summed E-state index contributed by atoms with van der Waals surface area (Å²) < 4.78 is 17.3. The molecule has 26 heavy (non-hydrogen) atoms. The van der Waals surface area contributed by atoms with Crippen LogP contribution < -0.4 is 9.47 Å². The van der Waals surface area contributed by atoms with E-state index in [4.69, 9.17) is 14.2 Å². The molecule has 0 spiro atoms. The fourth-order valence-corrected chi connectivity index (χ4v) is 3.96. The van der Waals surface area contributed by atoms with Crippen LogP contribution in [0.25, 0.3) is 11.6 Å². The normalized spacial score (nSPS) is 17.8. The van der Waals surface area contributed by atoms with E-state index in [0.717, 1.165) is 33.8 Å². The number of benzene rings is 2. The van der Waals surface area contributed by atoms with Gasteiger partial charge in [0.15, 0.2) is 11.5 Å². The second-order valence-electron chi connectivity index (χ2n) is 6.08. The van der Waals surface area contributed by atoms with Crippen molar-refractivity contribution in [3.63, 3.8) is 0 Å². The monoisotopic (exact) mass is 364 g/mol. The highest BCUT2D eigenvalue weighted by Crippen LogP contribution is 2.45. The van der Waals surface area contributed by atoms with Crippen molar-refractivity contribution in [3.8, 4) is 11.5 Å². The van der Waals surface area contributed by atoms with Crippen LogP contribution in [0.3, 0.4) is 0 Å². The summed E-state index contributed by atoms with van der Waals surface area (Å²) >= 11 is 1.72. The van der Waals surface area contributed by atoms with Gasteiger partial charge in [0.05, 0.1) is 20.8 Å². The van der Waals surface area contributed by atoms with Gasteiger partial charge in [0.2, 0.25) is 0 Å². The smallest absolute Gasteiger partial charge is 0.161 e. The molecule has 1 aliphatic rings. The van der Waals surface area contributed by atoms with Gasteiger partial charge in [-0.2, -0.15) is 0 Å². The van der Waals surface area contributed by atoms with E-state index in [0.29, 0.717) is 6.61 Å². The van der Waals surface area contributed by atoms with E-state index in [1.165, 1.54) is 4.88 Å². The van der Waals surface area contributed by atoms with Gasteiger partial charge >= 0.3 is 0 Å². The first-order chi connectivity index (χ1) is 12.8. The van der Waals surface area contributed by atoms with Gasteiger partial charge in [-0.15, -0.1) is 11.3 Å². The summed E-state index contributed by atoms with van der Waals surface area (Å²) in [6.07, 6.45) is 2.11. The third kappa shape index (κ3) is 3.14. The Morgan fingerprint density at radius 3 is 2.46 bits per heavy atom. The van der Waals surface area contributed by atoms with Crippen LogP contribution in [0.2, 0.25) is 0 Å². The zero-order valence-electron chi connectivity index (χ0n) is 14.8. The second kappa shape index (κ2) is 7.36. The van der Waals surface area contributed by atoms with E-state index in [9.17, 15) is 0 Å². The average Bonchev–Trinajstić information content (AvgIpc) is 3.21. The summed E-state index contributed by atoms with van der Waals surface area (Å²) in [4.78, 5) is 1.20. The molecule has 1 unspecified atom stereocenters. The summed E-state index contributed by atoms with van der Waals surface area (Å²) in [6, 6.07) is 18.6. The predicted octanol–water partition coefficient (Wildman–Crippen LogP) is 5.58. The minimum absolute atomic E-state index is 0.107. The SMILES string of the molecule is COc1cc2c(cc1OC)/C(=C/c1cccs1)C(c1ccccc1)OC2. The molecule has 132 valence electrons. The number of rotatable bonds is 4. The molecular weight excluding hydrogens is 344 g/mol. The zero-order valence-corrected chi connectivity index (χ0v) is 15.6. The topological polar surface area (TPSA) is 27.7 Å². The Bertz CT molecular complexity index is 914. The third-order valence-electron chi connectivity index (χ3n) is 4.55. The standard InChI is InChI=1S/C22H20O3S/c1-23-20-11-16-14-25-22(15-7-4-3-5-8-15)19(12-17-9-6-10-26-17)18(16)13-21(20)24-2/h3-13,22H,14H2,1-2H3/b19-12-. The van der Waals surface area contributed by atoms with Crippen LogP contribution >= 0.6 is 11.3 Å². The van der Waals surface area contributed by atoms with E-state index in [1.54, 1.807) is 25.6 Å². The summed E-state index contributed by atoms with van der Waals surface area (Å²) in [6.45, 7) is 0.539. The van der Waals surface area contributed by atoms with Gasteiger partial charge in [0, 0.05) is 4.88 Å². The zero-order chi connectivity index (χ0) is 17.9. The van der Waals surface area contributed by atoms with E-state index in [1.807, 2.05) is 24.3 Å². The van der Waals surface area contributed by atoms with E-state index in [2.05, 4.69) is 41.8 Å². The number of hydrogen-bond acceptors (Lipinski definition) is 4. The number of hydrogen-bond donors (Lipinski definition) is 0. The molecule has 0 saturated carbocycles. The van der Waals surface area contributed by atoms with Crippen molar-refractivity contribution in [1.29, 1.82) is 0 Å². The van der Waals surface area contributed by atoms with Gasteiger partial charge in [-0.1, -0.05) is 36.4 Å². The fraction of sp³-hybridized carbons (Fsp3) is 0.182. The van der Waals surface area contributed by atoms with Gasteiger partial charge in [-0.3, -0.25) is 0 Å². The minimum atomic E-state index is -0.107. The van der Waals surface area contributed by atoms with Crippen LogP contribution in [0.15, 0.2) is 60.0 Å². The van der Waals surface area contributed by atoms with E-state index >= 15 is 0 Å². The Labute approximate surface area is 157 Å². The first-order valence-corrected chi connectivity index (χ1v) is 9.35. The van der Waals surface area contributed by atoms with Gasteiger partial charge in [0.1, 0.15) is 6.10 Å². The highest BCUT2D eigenvalue weighted by molar-refractivity contribution is 7.10. The highest BCUT2D eigenvalue weighted by Gasteiger charge is 2.28. The molecule has 4 rings (SSSR count). The number of ether oxygens (including phenoxy) is 3. The molecule has 0 bridgehead atoms. The molecule has 0 aliphatic carbocycles. The summed E-state index contributed by atoms with van der Waals surface area (Å²) in [5, 5.41) is 2.09. The molecule has 3 aromatic rings. The third-order valence-corrected chi connectivity index (χ3v) is 5.37. The van der Waals surface area contributed by atoms with E-state index < -0.39 is 0 Å². The summed E-state index contributed by atoms with van der Waals surface area (Å²) in [5.41, 5.74) is 4.55. The van der Waals surface area contributed by atoms with Crippen molar-refractivity contribution in [2.45, 2.75) is 12.7 Å². The molecule has 0 radical (unpaired) electrons. The fourth-order valence-electron chi connectivity index (χ4n) is 3.30. The minimum Gasteiger partial charge on any atom is -0.493 e. The van der Waals surface area contributed by atoms with Crippen molar-refractivity contribution in [3.05, 3.63) is 81.5 Å². The van der Waals surface area contributed by atoms with Crippen molar-refractivity contribution in [2.24, 2.45) is 0 Å². The van der Waals surface area contributed by atoms with Crippen molar-refractivity contribution < 1.29 is 14.2 Å². The van der Waals surface area contributed by atoms with Crippen molar-refractivity contribution >= 4 is 23.0 Å². The quantitative estimate of drug-likeness (QED) is 0.605. The molecule has 0 fully saturated rings. The summed E-state index contributed by atoms with van der Waals surface area (Å²) in [5.74, 6) is 1.46. The van der Waals surface area contributed by atoms with Crippen molar-refractivity contribution in [2.75, 3.05) is 14.2 Å². The first-order valence-electron chi connectivity index (χ1n) is 8.47. The lowest BCUT2D eigenvalue weighted by Crippen LogP contribution is -2.15. The molecule has 2 heterocycles. The Morgan fingerprint density at radius 1 is 1.00 bits per heavy atom. The molecule has 1 atom stereocenters. The van der Waals surface area contributed by atoms with Crippen LogP contribution in [0.4, 0.5) is 0 Å². The van der Waals surface area contributed by atoms with Crippen LogP contribution in [0.1, 0.15) is 27.7 Å². The molecule has 3 nitrogen and oxygen atoms in total. The maximum Gasteiger partial charge on any atom is 0.161 e. The maximum absolute atomic E-state index is 6.26. The molecule has 2 aromatic carbocycles. The molecule has 1 aromatic heterocycles. The molecule has 0 N–H and O–H groups in total. The molecule has 0 saturated heterocycles. The molecule has 4 heteroatoms. The number of methoxy groups -OCH3 is 2. The lowest BCUT2D eigenvalue weighted by molar-refractivity contribution is 0.0713. The van der Waals surface area contributed by atoms with Gasteiger partial charge in [0.25, 0.3) is 0 Å². The Morgan fingerprint density at radius 2 is 1.77 bits per heavy atom. The molecule has 0 amide bonds. The van der Waals surface area contributed by atoms with Crippen LogP contribution in [0.5, 0.6) is 11.5 Å². The Hall–Kier alpha value is -2.56. The molecular formula is C22H20O3S. The second-order valence-corrected chi connectivity index (χ2v) is 7.06. The van der Waals surface area contributed by atoms with E-state index in [-0.39, 0.29) is 6.10 Å². The molecule has 1 aliphatic heterocycles. The average molecular weight is 364 g/mol. The first kappa shape index (κ1) is 16.9. The van der Waals surface area contributed by atoms with Crippen LogP contribution in [0, 0.1) is 0 Å². The van der Waals surface area contributed by atoms with Crippen LogP contribution in [-0.4, -0.2) is 14.2 Å². The summed E-state index contributed by atoms with van der Waals surface area (Å²) in [7, 11) is 3.32. The number of fused-ring (bicyclic) bond motifs is 1. The highest BCUT2D eigenvalue weighted by atomic mass is 32.1. The number of thiophene rings is 1. The van der Waals surface area contributed by atoms with Gasteiger partial charge in [-0.05, 0) is 51.9 Å².